The van der Waals surface area contributed by atoms with Crippen LogP contribution in [0.3, 0.4) is 0 Å². The van der Waals surface area contributed by atoms with Gasteiger partial charge in [0.15, 0.2) is 0 Å². The van der Waals surface area contributed by atoms with Crippen LogP contribution >= 0.6 is 0 Å². The minimum Gasteiger partial charge on any atom is -0.480 e. The standard InChI is InChI=1S/C11H19N3O3/c1-2-5-8(12)10(15)14-7-4-3-6-9(13)11(16)17/h1,8-9H,3-7,12-13H2,(H,14,15)(H,16,17). The van der Waals surface area contributed by atoms with Crippen LogP contribution < -0.4 is 16.8 Å². The number of hydrogen-bond acceptors (Lipinski definition) is 4. The molecule has 6 heteroatoms. The minimum absolute atomic E-state index is 0.204. The summed E-state index contributed by atoms with van der Waals surface area (Å²) in [6, 6.07) is -1.52. The van der Waals surface area contributed by atoms with Crippen molar-refractivity contribution >= 4 is 11.9 Å². The quantitative estimate of drug-likeness (QED) is 0.322. The number of hydrogen-bond donors (Lipinski definition) is 4. The van der Waals surface area contributed by atoms with Crippen molar-refractivity contribution in [3.63, 3.8) is 0 Å². The number of carboxylic acids is 1. The van der Waals surface area contributed by atoms with Gasteiger partial charge >= 0.3 is 5.97 Å². The Bertz CT molecular complexity index is 299. The Morgan fingerprint density at radius 3 is 2.47 bits per heavy atom. The van der Waals surface area contributed by atoms with Crippen molar-refractivity contribution in [2.24, 2.45) is 11.5 Å². The maximum absolute atomic E-state index is 11.3. The first-order chi connectivity index (χ1) is 7.99. The molecule has 2 unspecified atom stereocenters. The number of unbranched alkanes of at least 4 members (excludes halogenated alkanes) is 1. The van der Waals surface area contributed by atoms with E-state index in [1.54, 1.807) is 0 Å². The number of nitrogens with one attached hydrogen (secondary N) is 1. The molecule has 6 N–H and O–H groups in total. The Morgan fingerprint density at radius 2 is 1.94 bits per heavy atom. The summed E-state index contributed by atoms with van der Waals surface area (Å²) in [5.74, 6) is 1.01. The number of rotatable bonds is 8. The summed E-state index contributed by atoms with van der Waals surface area (Å²) in [6.45, 7) is 0.448. The first-order valence-corrected chi connectivity index (χ1v) is 5.44. The molecule has 1 amide bonds. The molecule has 0 saturated carbocycles. The minimum atomic E-state index is -1.01. The van der Waals surface area contributed by atoms with Crippen LogP contribution in [0, 0.1) is 12.3 Å². The largest absolute Gasteiger partial charge is 0.480 e. The first kappa shape index (κ1) is 15.4. The lowest BCUT2D eigenvalue weighted by atomic mass is 10.1. The maximum Gasteiger partial charge on any atom is 0.320 e. The van der Waals surface area contributed by atoms with Gasteiger partial charge in [-0.05, 0) is 19.3 Å². The molecule has 0 fully saturated rings. The molecule has 0 saturated heterocycles. The maximum atomic E-state index is 11.3. The van der Waals surface area contributed by atoms with Crippen LogP contribution in [0.1, 0.15) is 25.7 Å². The monoisotopic (exact) mass is 241 g/mol. The third kappa shape index (κ3) is 7.33. The predicted molar refractivity (Wildman–Crippen MR) is 63.9 cm³/mol. The molecule has 0 aromatic carbocycles. The molecule has 0 bridgehead atoms. The summed E-state index contributed by atoms with van der Waals surface area (Å²) in [6.07, 6.45) is 6.92. The van der Waals surface area contributed by atoms with Crippen LogP contribution in [-0.4, -0.2) is 35.6 Å². The molecular weight excluding hydrogens is 222 g/mol. The van der Waals surface area contributed by atoms with Gasteiger partial charge in [0, 0.05) is 13.0 Å². The van der Waals surface area contributed by atoms with Gasteiger partial charge in [0.1, 0.15) is 6.04 Å². The molecule has 0 spiro atoms. The molecule has 17 heavy (non-hydrogen) atoms. The highest BCUT2D eigenvalue weighted by atomic mass is 16.4. The third-order valence-corrected chi connectivity index (χ3v) is 2.23. The van der Waals surface area contributed by atoms with E-state index in [1.807, 2.05) is 0 Å². The van der Waals surface area contributed by atoms with Crippen molar-refractivity contribution in [2.75, 3.05) is 6.54 Å². The van der Waals surface area contributed by atoms with E-state index in [9.17, 15) is 9.59 Å². The average Bonchev–Trinajstić information content (AvgIpc) is 2.28. The van der Waals surface area contributed by atoms with Crippen molar-refractivity contribution in [2.45, 2.75) is 37.8 Å². The zero-order valence-electron chi connectivity index (χ0n) is 9.69. The van der Waals surface area contributed by atoms with Crippen LogP contribution in [0.4, 0.5) is 0 Å². The molecule has 96 valence electrons. The van der Waals surface area contributed by atoms with Crippen LogP contribution in [0.25, 0.3) is 0 Å². The van der Waals surface area contributed by atoms with Crippen LogP contribution in [0.5, 0.6) is 0 Å². The number of carbonyl (C=O) groups excluding carboxylic acids is 1. The Balaban J connectivity index is 3.55. The summed E-state index contributed by atoms with van der Waals surface area (Å²) in [5.41, 5.74) is 10.8. The van der Waals surface area contributed by atoms with Gasteiger partial charge in [-0.3, -0.25) is 9.59 Å². The van der Waals surface area contributed by atoms with Gasteiger partial charge in [-0.15, -0.1) is 12.3 Å². The fourth-order valence-corrected chi connectivity index (χ4v) is 1.18. The first-order valence-electron chi connectivity index (χ1n) is 5.44. The number of nitrogens with two attached hydrogens (primary N) is 2. The van der Waals surface area contributed by atoms with E-state index in [2.05, 4.69) is 11.2 Å². The lowest BCUT2D eigenvalue weighted by molar-refractivity contribution is -0.138. The molecule has 0 radical (unpaired) electrons. The molecule has 0 rings (SSSR count). The van der Waals surface area contributed by atoms with Gasteiger partial charge < -0.3 is 21.9 Å². The smallest absolute Gasteiger partial charge is 0.320 e. The third-order valence-electron chi connectivity index (χ3n) is 2.23. The summed E-state index contributed by atoms with van der Waals surface area (Å²) in [5, 5.41) is 11.2. The Kier molecular flexibility index (Phi) is 7.76. The molecule has 0 aromatic rings. The zero-order valence-corrected chi connectivity index (χ0v) is 9.69. The van der Waals surface area contributed by atoms with Gasteiger partial charge in [0.2, 0.25) is 5.91 Å². The lowest BCUT2D eigenvalue weighted by Crippen LogP contribution is -2.40. The molecule has 0 aromatic heterocycles. The van der Waals surface area contributed by atoms with E-state index in [4.69, 9.17) is 23.0 Å². The average molecular weight is 241 g/mol. The van der Waals surface area contributed by atoms with Gasteiger partial charge in [0.25, 0.3) is 0 Å². The van der Waals surface area contributed by atoms with E-state index in [-0.39, 0.29) is 12.3 Å². The zero-order chi connectivity index (χ0) is 13.3. The second-order valence-corrected chi connectivity index (χ2v) is 3.75. The molecule has 0 aliphatic rings. The fourth-order valence-electron chi connectivity index (χ4n) is 1.18. The van der Waals surface area contributed by atoms with Crippen LogP contribution in [-0.2, 0) is 9.59 Å². The molecule has 6 nitrogen and oxygen atoms in total. The number of aliphatic carboxylic acids is 1. The van der Waals surface area contributed by atoms with E-state index < -0.39 is 18.1 Å². The highest BCUT2D eigenvalue weighted by molar-refractivity contribution is 5.81. The fraction of sp³-hybridized carbons (Fsp3) is 0.636. The molecule has 0 aliphatic carbocycles. The second-order valence-electron chi connectivity index (χ2n) is 3.75. The van der Waals surface area contributed by atoms with E-state index in [0.29, 0.717) is 25.8 Å². The highest BCUT2D eigenvalue weighted by Gasteiger charge is 2.12. The van der Waals surface area contributed by atoms with E-state index in [0.717, 1.165) is 0 Å². The second kappa shape index (κ2) is 8.56. The Labute approximate surface area is 101 Å². The van der Waals surface area contributed by atoms with E-state index in [1.165, 1.54) is 0 Å². The number of amides is 1. The molecule has 2 atom stereocenters. The van der Waals surface area contributed by atoms with Gasteiger partial charge in [-0.2, -0.15) is 0 Å². The van der Waals surface area contributed by atoms with Crippen molar-refractivity contribution in [3.8, 4) is 12.3 Å². The van der Waals surface area contributed by atoms with Gasteiger partial charge in [-0.1, -0.05) is 0 Å². The SMILES string of the molecule is C#CCC(N)C(=O)NCCCCC(N)C(=O)O. The Hall–Kier alpha value is -1.58. The van der Waals surface area contributed by atoms with E-state index >= 15 is 0 Å². The van der Waals surface area contributed by atoms with Gasteiger partial charge in [0.05, 0.1) is 6.04 Å². The van der Waals surface area contributed by atoms with Crippen molar-refractivity contribution in [1.82, 2.24) is 5.32 Å². The lowest BCUT2D eigenvalue weighted by Gasteiger charge is -2.10. The molecular formula is C11H19N3O3. The summed E-state index contributed by atoms with van der Waals surface area (Å²) in [7, 11) is 0. The summed E-state index contributed by atoms with van der Waals surface area (Å²) in [4.78, 5) is 21.7. The van der Waals surface area contributed by atoms with Gasteiger partial charge in [-0.25, -0.2) is 0 Å². The summed E-state index contributed by atoms with van der Waals surface area (Å²) < 4.78 is 0. The van der Waals surface area contributed by atoms with Crippen LogP contribution in [0.2, 0.25) is 0 Å². The van der Waals surface area contributed by atoms with Crippen molar-refractivity contribution in [1.29, 1.82) is 0 Å². The number of carbonyl (C=O) groups is 2. The predicted octanol–water partition coefficient (Wildman–Crippen LogP) is -0.965. The normalized spacial score (nSPS) is 13.5. The number of terminal acetylenes is 1. The molecule has 0 heterocycles. The van der Waals surface area contributed by atoms with Crippen LogP contribution in [0.15, 0.2) is 0 Å². The van der Waals surface area contributed by atoms with Crippen molar-refractivity contribution < 1.29 is 14.7 Å². The summed E-state index contributed by atoms with van der Waals surface area (Å²) >= 11 is 0. The topological polar surface area (TPSA) is 118 Å². The Morgan fingerprint density at radius 1 is 1.29 bits per heavy atom. The van der Waals surface area contributed by atoms with Crippen molar-refractivity contribution in [3.05, 3.63) is 0 Å². The molecule has 0 aliphatic heterocycles. The highest BCUT2D eigenvalue weighted by Crippen LogP contribution is 1.98. The number of carboxylic acid groups (broad SMARTS) is 1.